The zero-order chi connectivity index (χ0) is 81.7. The third kappa shape index (κ3) is 16.9. The Morgan fingerprint density at radius 3 is 0.950 bits per heavy atom. The molecule has 3 aliphatic heterocycles. The van der Waals surface area contributed by atoms with Crippen LogP contribution >= 0.6 is 0 Å². The lowest BCUT2D eigenvalue weighted by atomic mass is 10.00. The first-order valence-electron chi connectivity index (χ1n) is 38.5. The number of para-hydroxylation sites is 2. The molecule has 17 aromatic rings. The summed E-state index contributed by atoms with van der Waals surface area (Å²) in [5.41, 5.74) is 53.4. The van der Waals surface area contributed by atoms with Gasteiger partial charge in [0, 0.05) is 70.1 Å². The number of nitrogen functional groups attached to an aromatic ring is 2. The number of urea groups is 2. The van der Waals surface area contributed by atoms with E-state index in [2.05, 4.69) is 133 Å². The predicted molar refractivity (Wildman–Crippen MR) is 477 cm³/mol. The number of anilines is 6. The minimum atomic E-state index is -0.601. The normalized spacial score (nSPS) is 12.2. The van der Waals surface area contributed by atoms with Gasteiger partial charge in [-0.3, -0.25) is 25.6 Å². The van der Waals surface area contributed by atoms with Crippen molar-refractivity contribution in [2.75, 3.05) is 32.7 Å². The monoisotopic (exact) mass is 1570 g/mol. The molecule has 120 heavy (non-hydrogen) atoms. The molecular formula is C97H73N17O6. The van der Waals surface area contributed by atoms with Gasteiger partial charge in [0.1, 0.15) is 29.0 Å². The minimum absolute atomic E-state index is 0.474. The van der Waals surface area contributed by atoms with Crippen LogP contribution in [0.4, 0.5) is 70.4 Å². The summed E-state index contributed by atoms with van der Waals surface area (Å²) in [6.45, 7) is 0. The van der Waals surface area contributed by atoms with Crippen LogP contribution in [-0.4, -0.2) is 71.3 Å². The van der Waals surface area contributed by atoms with E-state index in [1.807, 2.05) is 170 Å². The highest BCUT2D eigenvalue weighted by molar-refractivity contribution is 6.09. The maximum atomic E-state index is 12.3. The highest BCUT2D eigenvalue weighted by atomic mass is 16.6. The van der Waals surface area contributed by atoms with Crippen molar-refractivity contribution in [2.24, 2.45) is 26.4 Å². The number of nitrogens with two attached hydrogens (primary N) is 4. The Balaban J connectivity index is 0.000000127. The molecule has 3 aliphatic rings. The standard InChI is InChI=1S/C41H29N5O4.C29H23N7O2.C27H21N5/c47-40(49-33-7-3-1-4-8-33)42-31-18-13-26(14-19-31)36-25-30-12-11-28(23-37(30)44-36)29-17-22-35-38(24-29)46-39(45-35)27-15-20-32(21-16-27)43-41(48)50-34-9-5-2-6-10-34;30-28(37)32-21-8-3-16(4-9-21)24-15-20-2-1-18(13-25(20)34-24)19-7-12-23-26(14-19)36-27(35-23)17-5-10-22(11-6-17)33-29(31)38;28-21-8-3-16(4-9-21)24-15-20-2-1-18(13-25(20)30-24)19-7-12-23-26(14-19)32-27(31-23)17-5-10-22(29)11-6-17/h1-24H,25H2,(H,42,47)(H,43,48)(H,45,46);1-14H,15H2,(H,35,36)(H3,30,32,37)(H3,31,33,38);1-14H,15,28-29H2,(H,31,32). The Morgan fingerprint density at radius 2 is 0.575 bits per heavy atom. The van der Waals surface area contributed by atoms with Crippen molar-refractivity contribution in [3.05, 3.63) is 349 Å². The highest BCUT2D eigenvalue weighted by Gasteiger charge is 2.23. The molecule has 14 aromatic carbocycles. The van der Waals surface area contributed by atoms with Gasteiger partial charge in [-0.2, -0.15) is 0 Å². The number of aromatic nitrogens is 6. The van der Waals surface area contributed by atoms with Crippen LogP contribution in [0.3, 0.4) is 0 Å². The van der Waals surface area contributed by atoms with Crippen molar-refractivity contribution in [3.63, 3.8) is 0 Å². The number of hydrogen-bond acceptors (Lipinski definition) is 14. The molecule has 582 valence electrons. The second-order valence-electron chi connectivity index (χ2n) is 28.9. The fourth-order valence-electron chi connectivity index (χ4n) is 14.6. The number of rotatable bonds is 15. The van der Waals surface area contributed by atoms with Crippen LogP contribution < -0.4 is 53.7 Å². The van der Waals surface area contributed by atoms with Gasteiger partial charge in [-0.05, 0) is 255 Å². The molecule has 15 N–H and O–H groups in total. The van der Waals surface area contributed by atoms with Crippen LogP contribution in [0.1, 0.15) is 33.4 Å². The number of benzene rings is 14. The van der Waals surface area contributed by atoms with Crippen molar-refractivity contribution < 1.29 is 28.7 Å². The maximum Gasteiger partial charge on any atom is 0.417 e. The summed E-state index contributed by atoms with van der Waals surface area (Å²) < 4.78 is 10.6. The number of amides is 6. The number of imidazole rings is 3. The van der Waals surface area contributed by atoms with Crippen LogP contribution in [-0.2, 0) is 19.3 Å². The van der Waals surface area contributed by atoms with Crippen molar-refractivity contribution in [1.29, 1.82) is 0 Å². The summed E-state index contributed by atoms with van der Waals surface area (Å²) >= 11 is 0. The van der Waals surface area contributed by atoms with E-state index in [4.69, 9.17) is 62.3 Å². The highest BCUT2D eigenvalue weighted by Crippen LogP contribution is 2.40. The fourth-order valence-corrected chi connectivity index (χ4v) is 14.6. The average molecular weight is 1570 g/mol. The molecule has 0 saturated carbocycles. The van der Waals surface area contributed by atoms with Crippen LogP contribution in [0.15, 0.2) is 330 Å². The average Bonchev–Trinajstić information content (AvgIpc) is 1.64. The summed E-state index contributed by atoms with van der Waals surface area (Å²) in [6, 6.07) is 100.0. The van der Waals surface area contributed by atoms with E-state index in [1.54, 1.807) is 48.5 Å². The fraction of sp³-hybridized carbons (Fsp3) is 0.0309. The maximum absolute atomic E-state index is 12.3. The second-order valence-corrected chi connectivity index (χ2v) is 28.9. The molecule has 0 radical (unpaired) electrons. The summed E-state index contributed by atoms with van der Waals surface area (Å²) in [5.74, 6) is 3.26. The molecule has 0 aliphatic carbocycles. The summed E-state index contributed by atoms with van der Waals surface area (Å²) in [4.78, 5) is 85.9. The number of hydrogen-bond donors (Lipinski definition) is 11. The van der Waals surface area contributed by atoms with Gasteiger partial charge in [0.05, 0.1) is 67.3 Å². The lowest BCUT2D eigenvalue weighted by molar-refractivity contribution is 0.214. The number of carbonyl (C=O) groups is 4. The molecule has 0 saturated heterocycles. The Hall–Kier alpha value is -16.8. The van der Waals surface area contributed by atoms with Gasteiger partial charge < -0.3 is 58.0 Å². The molecule has 0 fully saturated rings. The second kappa shape index (κ2) is 32.6. The molecular weight excluding hydrogens is 1500 g/mol. The molecule has 23 heteroatoms. The largest absolute Gasteiger partial charge is 0.417 e. The van der Waals surface area contributed by atoms with Gasteiger partial charge in [-0.15, -0.1) is 0 Å². The first-order valence-corrected chi connectivity index (χ1v) is 38.5. The smallest absolute Gasteiger partial charge is 0.410 e. The summed E-state index contributed by atoms with van der Waals surface area (Å²) in [7, 11) is 0. The number of aliphatic imine (C=N–C) groups is 3. The van der Waals surface area contributed by atoms with E-state index in [9.17, 15) is 19.2 Å². The number of primary amides is 2. The van der Waals surface area contributed by atoms with Crippen LogP contribution in [0.25, 0.3) is 101 Å². The van der Waals surface area contributed by atoms with Crippen LogP contribution in [0.5, 0.6) is 11.5 Å². The first kappa shape index (κ1) is 74.6. The number of carbonyl (C=O) groups excluding carboxylic acids is 4. The summed E-state index contributed by atoms with van der Waals surface area (Å²) in [6.07, 6.45) is 1.21. The number of fused-ring (bicyclic) bond motifs is 6. The van der Waals surface area contributed by atoms with Crippen molar-refractivity contribution >= 4 is 126 Å². The van der Waals surface area contributed by atoms with Crippen molar-refractivity contribution in [1.82, 2.24) is 29.9 Å². The Kier molecular flexibility index (Phi) is 20.3. The Labute approximate surface area is 686 Å². The molecule has 0 unspecified atom stereocenters. The SMILES string of the molecule is NC(=O)Nc1ccc(C2=Nc3cc(-c4ccc5[nH]c(-c6ccc(NC(N)=O)cc6)nc5c4)ccc3C2)cc1.Nc1ccc(C2=Nc3cc(-c4ccc5nc(-c6ccc(N)cc6)[nH]c5c4)ccc3C2)cc1.O=C(Nc1ccc(C2=Nc3cc(-c4ccc5[nH]c(-c6ccc(NC(=O)Oc7ccccc7)cc6)nc5c4)ccc3C2)cc1)Oc1ccccc1. The number of nitrogens with zero attached hydrogens (tertiary/aromatic N) is 6. The van der Waals surface area contributed by atoms with E-state index in [-0.39, 0.29) is 0 Å². The topological polar surface area (TPSA) is 362 Å². The van der Waals surface area contributed by atoms with E-state index in [0.29, 0.717) is 34.2 Å². The van der Waals surface area contributed by atoms with Gasteiger partial charge in [0.25, 0.3) is 0 Å². The summed E-state index contributed by atoms with van der Waals surface area (Å²) in [5, 5.41) is 10.6. The molecule has 23 nitrogen and oxygen atoms in total. The third-order valence-electron chi connectivity index (χ3n) is 20.7. The van der Waals surface area contributed by atoms with E-state index in [0.717, 1.165) is 188 Å². The quantitative estimate of drug-likeness (QED) is 0.0428. The van der Waals surface area contributed by atoms with Gasteiger partial charge >= 0.3 is 24.2 Å². The molecule has 6 amide bonds. The Bertz CT molecular complexity index is 6910. The number of H-pyrrole nitrogens is 3. The molecule has 0 atom stereocenters. The number of nitrogens with one attached hydrogen (secondary N) is 7. The van der Waals surface area contributed by atoms with Gasteiger partial charge in [0.2, 0.25) is 0 Å². The predicted octanol–water partition coefficient (Wildman–Crippen LogP) is 21.1. The zero-order valence-corrected chi connectivity index (χ0v) is 64.1. The van der Waals surface area contributed by atoms with Gasteiger partial charge in [-0.1, -0.05) is 127 Å². The lowest BCUT2D eigenvalue weighted by Crippen LogP contribution is -2.19. The lowest BCUT2D eigenvalue weighted by Gasteiger charge is -2.07. The molecule has 20 rings (SSSR count). The van der Waals surface area contributed by atoms with E-state index < -0.39 is 24.2 Å². The van der Waals surface area contributed by atoms with Crippen molar-refractivity contribution in [3.8, 4) is 79.0 Å². The molecule has 3 aromatic heterocycles. The van der Waals surface area contributed by atoms with Crippen LogP contribution in [0.2, 0.25) is 0 Å². The minimum Gasteiger partial charge on any atom is -0.410 e. The van der Waals surface area contributed by atoms with E-state index >= 15 is 0 Å². The first-order chi connectivity index (χ1) is 58.5. The molecule has 6 heterocycles. The van der Waals surface area contributed by atoms with Crippen LogP contribution in [0, 0.1) is 0 Å². The van der Waals surface area contributed by atoms with Gasteiger partial charge in [0.15, 0.2) is 0 Å². The number of aromatic amines is 3. The zero-order valence-electron chi connectivity index (χ0n) is 64.1. The number of ether oxygens (including phenoxy) is 2. The molecule has 0 spiro atoms. The third-order valence-corrected chi connectivity index (χ3v) is 20.7. The molecule has 0 bridgehead atoms. The van der Waals surface area contributed by atoms with E-state index in [1.165, 1.54) is 11.1 Å². The Morgan fingerprint density at radius 1 is 0.283 bits per heavy atom. The van der Waals surface area contributed by atoms with Gasteiger partial charge in [-0.25, -0.2) is 34.1 Å². The van der Waals surface area contributed by atoms with Crippen molar-refractivity contribution in [2.45, 2.75) is 19.3 Å².